The maximum Gasteiger partial charge on any atom is 0.412 e. The average molecular weight is 806 g/mol. The molecule has 0 radical (unpaired) electrons. The number of rotatable bonds is 15. The molecule has 57 heavy (non-hydrogen) atoms. The van der Waals surface area contributed by atoms with Crippen LogP contribution in [0.1, 0.15) is 66.5 Å². The first-order chi connectivity index (χ1) is 26.6. The van der Waals surface area contributed by atoms with E-state index in [1.54, 1.807) is 70.1 Å². The highest BCUT2D eigenvalue weighted by Crippen LogP contribution is 2.07. The van der Waals surface area contributed by atoms with Gasteiger partial charge in [0, 0.05) is 56.5 Å². The quantitative estimate of drug-likeness (QED) is 0.153. The SMILES string of the molecule is CC(C)N(C)C(=O)c1cc[n+](COC(=O)N[C@@H](C)Cc2ccccc2)cc1.C[C@@H](Cc1ccccc1)NC(=O)OC[n+]1ccc(C(=O)N(C)[C@@H](C)C(=O)O)cc1.[Cl-]. The van der Waals surface area contributed by atoms with Crippen LogP contribution in [0.2, 0.25) is 0 Å². The molecular formula is C42H54ClN6O8+. The fourth-order valence-corrected chi connectivity index (χ4v) is 5.14. The highest BCUT2D eigenvalue weighted by Gasteiger charge is 2.23. The van der Waals surface area contributed by atoms with Gasteiger partial charge in [-0.05, 0) is 58.6 Å². The van der Waals surface area contributed by atoms with Crippen LogP contribution in [0.5, 0.6) is 0 Å². The lowest BCUT2D eigenvalue weighted by Gasteiger charge is -2.21. The van der Waals surface area contributed by atoms with E-state index in [9.17, 15) is 24.0 Å². The van der Waals surface area contributed by atoms with Gasteiger partial charge in [-0.2, -0.15) is 9.13 Å². The second-order valence-electron chi connectivity index (χ2n) is 13.7. The van der Waals surface area contributed by atoms with Crippen molar-refractivity contribution in [3.05, 3.63) is 132 Å². The standard InChI is InChI=1S/C21H25N3O5.C21H27N3O3.ClH/c1-15(13-17-7-5-4-6-8-17)22-21(28)29-14-24-11-9-18(10-12-24)19(25)23(3)16(2)20(26)27;1-16(2)23(4)20(25)19-10-12-24(13-11-19)15-27-21(26)22-17(3)14-18-8-6-5-7-9-18;/h4-12,15-16H,13-14H2,1-3H3,(H-,22,26,27,28);5-13,16-17H,14-15H2,1-4H3;1H/p+1/t15-,16-;17-;/m00./s1. The third-order valence-electron chi connectivity index (χ3n) is 8.82. The topological polar surface area (TPSA) is 162 Å². The van der Waals surface area contributed by atoms with E-state index in [0.29, 0.717) is 17.5 Å². The molecule has 0 aliphatic carbocycles. The molecule has 4 aromatic rings. The predicted octanol–water partition coefficient (Wildman–Crippen LogP) is 1.61. The molecule has 2 aromatic carbocycles. The zero-order chi connectivity index (χ0) is 41.2. The molecule has 306 valence electrons. The Bertz CT molecular complexity index is 1870. The number of aromatic nitrogens is 2. The highest BCUT2D eigenvalue weighted by atomic mass is 35.5. The van der Waals surface area contributed by atoms with Crippen molar-refractivity contribution in [3.63, 3.8) is 0 Å². The number of carbonyl (C=O) groups is 5. The molecular weight excluding hydrogens is 752 g/mol. The Labute approximate surface area is 340 Å². The van der Waals surface area contributed by atoms with E-state index in [2.05, 4.69) is 10.6 Å². The molecule has 14 nitrogen and oxygen atoms in total. The Morgan fingerprint density at radius 2 is 0.947 bits per heavy atom. The molecule has 0 unspecified atom stereocenters. The Morgan fingerprint density at radius 3 is 1.28 bits per heavy atom. The number of alkyl carbamates (subject to hydrolysis) is 2. The van der Waals surface area contributed by atoms with Gasteiger partial charge in [0.15, 0.2) is 24.8 Å². The van der Waals surface area contributed by atoms with Crippen molar-refractivity contribution in [2.24, 2.45) is 0 Å². The second-order valence-corrected chi connectivity index (χ2v) is 13.7. The van der Waals surface area contributed by atoms with Crippen molar-refractivity contribution in [3.8, 4) is 0 Å². The van der Waals surface area contributed by atoms with Crippen molar-refractivity contribution < 1.29 is 60.1 Å². The first-order valence-corrected chi connectivity index (χ1v) is 18.3. The zero-order valence-electron chi connectivity index (χ0n) is 33.5. The minimum absolute atomic E-state index is 0. The molecule has 3 N–H and O–H groups in total. The monoisotopic (exact) mass is 805 g/mol. The van der Waals surface area contributed by atoms with Crippen LogP contribution in [0.3, 0.4) is 0 Å². The fourth-order valence-electron chi connectivity index (χ4n) is 5.14. The molecule has 3 atom stereocenters. The molecule has 0 bridgehead atoms. The molecule has 0 spiro atoms. The molecule has 15 heteroatoms. The van der Waals surface area contributed by atoms with E-state index >= 15 is 0 Å². The van der Waals surface area contributed by atoms with Crippen LogP contribution in [-0.2, 0) is 40.6 Å². The van der Waals surface area contributed by atoms with Crippen LogP contribution >= 0.6 is 0 Å². The predicted molar refractivity (Wildman–Crippen MR) is 208 cm³/mol. The molecule has 2 aromatic heterocycles. The number of nitrogens with zero attached hydrogens (tertiary/aromatic N) is 4. The van der Waals surface area contributed by atoms with Crippen molar-refractivity contribution in [1.29, 1.82) is 0 Å². The van der Waals surface area contributed by atoms with Gasteiger partial charge in [0.2, 0.25) is 0 Å². The molecule has 2 heterocycles. The van der Waals surface area contributed by atoms with Crippen LogP contribution in [0, 0.1) is 0 Å². The summed E-state index contributed by atoms with van der Waals surface area (Å²) in [6, 6.07) is 25.4. The first-order valence-electron chi connectivity index (χ1n) is 18.3. The molecule has 4 amide bonds. The number of carboxylic acids is 1. The van der Waals surface area contributed by atoms with E-state index in [1.807, 2.05) is 88.4 Å². The molecule has 0 fully saturated rings. The summed E-state index contributed by atoms with van der Waals surface area (Å²) in [5.41, 5.74) is 3.23. The third kappa shape index (κ3) is 16.3. The van der Waals surface area contributed by atoms with E-state index in [4.69, 9.17) is 14.6 Å². The molecule has 0 aliphatic rings. The van der Waals surface area contributed by atoms with E-state index in [-0.39, 0.29) is 49.9 Å². The Hall–Kier alpha value is -6.02. The number of ether oxygens (including phenoxy) is 2. The molecule has 0 aliphatic heterocycles. The molecule has 0 saturated carbocycles. The van der Waals surface area contributed by atoms with Crippen LogP contribution in [0.4, 0.5) is 9.59 Å². The zero-order valence-corrected chi connectivity index (χ0v) is 34.3. The van der Waals surface area contributed by atoms with Crippen LogP contribution < -0.4 is 32.2 Å². The smallest absolute Gasteiger partial charge is 0.412 e. The lowest BCUT2D eigenvalue weighted by Crippen LogP contribution is -3.00. The van der Waals surface area contributed by atoms with Crippen LogP contribution in [0.15, 0.2) is 110 Å². The number of aliphatic carboxylic acids is 1. The van der Waals surface area contributed by atoms with E-state index < -0.39 is 30.1 Å². The number of pyridine rings is 2. The van der Waals surface area contributed by atoms with Gasteiger partial charge in [-0.3, -0.25) is 9.59 Å². The Balaban J connectivity index is 0.000000388. The van der Waals surface area contributed by atoms with Crippen molar-refractivity contribution in [2.45, 2.75) is 85.1 Å². The van der Waals surface area contributed by atoms with Crippen molar-refractivity contribution in [2.75, 3.05) is 14.1 Å². The second kappa shape index (κ2) is 23.8. The Morgan fingerprint density at radius 1 is 0.596 bits per heavy atom. The summed E-state index contributed by atoms with van der Waals surface area (Å²) in [5.74, 6) is -1.52. The molecule has 4 rings (SSSR count). The number of hydrogen-bond acceptors (Lipinski definition) is 7. The van der Waals surface area contributed by atoms with Gasteiger partial charge in [-0.25, -0.2) is 14.4 Å². The third-order valence-corrected chi connectivity index (χ3v) is 8.82. The van der Waals surface area contributed by atoms with Gasteiger partial charge in [0.1, 0.15) is 6.04 Å². The normalized spacial score (nSPS) is 11.9. The number of hydrogen-bond donors (Lipinski definition) is 3. The van der Waals surface area contributed by atoms with Gasteiger partial charge in [-0.1, -0.05) is 60.7 Å². The maximum atomic E-state index is 12.3. The highest BCUT2D eigenvalue weighted by molar-refractivity contribution is 5.96. The summed E-state index contributed by atoms with van der Waals surface area (Å²) in [5, 5.41) is 14.6. The number of benzene rings is 2. The van der Waals surface area contributed by atoms with Crippen LogP contribution in [0.25, 0.3) is 0 Å². The summed E-state index contributed by atoms with van der Waals surface area (Å²) in [7, 11) is 3.21. The largest absolute Gasteiger partial charge is 1.00 e. The average Bonchev–Trinajstić information content (AvgIpc) is 3.19. The summed E-state index contributed by atoms with van der Waals surface area (Å²) in [4.78, 5) is 62.3. The van der Waals surface area contributed by atoms with Gasteiger partial charge in [-0.15, -0.1) is 0 Å². The fraction of sp³-hybridized carbons (Fsp3) is 0.357. The number of carbonyl (C=O) groups excluding carboxylic acids is 4. The van der Waals surface area contributed by atoms with Crippen molar-refractivity contribution in [1.82, 2.24) is 20.4 Å². The van der Waals surface area contributed by atoms with E-state index in [1.165, 1.54) is 14.0 Å². The number of nitrogens with one attached hydrogen (secondary N) is 2. The minimum Gasteiger partial charge on any atom is -1.00 e. The lowest BCUT2D eigenvalue weighted by atomic mass is 10.1. The number of carboxylic acid groups (broad SMARTS) is 1. The van der Waals surface area contributed by atoms with Gasteiger partial charge < -0.3 is 47.4 Å². The number of halogens is 1. The minimum atomic E-state index is -1.08. The first kappa shape index (κ1) is 47.1. The summed E-state index contributed by atoms with van der Waals surface area (Å²) in [6.45, 7) is 9.27. The Kier molecular flexibility index (Phi) is 19.7. The van der Waals surface area contributed by atoms with Gasteiger partial charge >= 0.3 is 18.2 Å². The number of amides is 4. The summed E-state index contributed by atoms with van der Waals surface area (Å²) >= 11 is 0. The maximum absolute atomic E-state index is 12.3. The van der Waals surface area contributed by atoms with Gasteiger partial charge in [0.25, 0.3) is 25.3 Å². The van der Waals surface area contributed by atoms with Gasteiger partial charge in [0.05, 0.1) is 11.1 Å². The summed E-state index contributed by atoms with van der Waals surface area (Å²) in [6.07, 6.45) is 7.07. The number of likely N-dealkylation sites (N-methyl/N-ethyl adjacent to an activating group) is 1. The lowest BCUT2D eigenvalue weighted by molar-refractivity contribution is -0.727. The van der Waals surface area contributed by atoms with E-state index in [0.717, 1.165) is 22.4 Å². The van der Waals surface area contributed by atoms with Crippen molar-refractivity contribution >= 4 is 30.0 Å². The van der Waals surface area contributed by atoms with Crippen LogP contribution in [-0.4, -0.2) is 83.1 Å². The summed E-state index contributed by atoms with van der Waals surface area (Å²) < 4.78 is 13.7. The molecule has 0 saturated heterocycles.